The molecule has 156 valence electrons. The van der Waals surface area contributed by atoms with E-state index >= 15 is 0 Å². The molecule has 0 radical (unpaired) electrons. The minimum atomic E-state index is -3.72. The number of amides is 1. The molecular weight excluding hydrogens is 388 g/mol. The molecule has 29 heavy (non-hydrogen) atoms. The Labute approximate surface area is 172 Å². The molecule has 7 nitrogen and oxygen atoms in total. The molecule has 0 bridgehead atoms. The molecule has 2 aromatic rings. The Morgan fingerprint density at radius 1 is 1.03 bits per heavy atom. The quantitative estimate of drug-likeness (QED) is 0.755. The van der Waals surface area contributed by atoms with Gasteiger partial charge in [0.2, 0.25) is 10.0 Å². The van der Waals surface area contributed by atoms with Crippen molar-refractivity contribution in [3.05, 3.63) is 53.6 Å². The number of nitrogens with one attached hydrogen (secondary N) is 2. The van der Waals surface area contributed by atoms with Gasteiger partial charge in [-0.2, -0.15) is 0 Å². The van der Waals surface area contributed by atoms with Crippen LogP contribution in [0.1, 0.15) is 22.8 Å². The molecule has 1 aliphatic heterocycles. The second-order valence-corrected chi connectivity index (χ2v) is 9.03. The molecule has 1 saturated heterocycles. The third-order valence-electron chi connectivity index (χ3n) is 5.00. The molecule has 3 rings (SSSR count). The van der Waals surface area contributed by atoms with E-state index < -0.39 is 10.0 Å². The van der Waals surface area contributed by atoms with E-state index in [0.29, 0.717) is 16.9 Å². The van der Waals surface area contributed by atoms with Gasteiger partial charge in [-0.1, -0.05) is 24.6 Å². The summed E-state index contributed by atoms with van der Waals surface area (Å²) in [7, 11) is -1.68. The number of nitrogens with zero attached hydrogens (tertiary/aromatic N) is 2. The first kappa shape index (κ1) is 21.3. The highest BCUT2D eigenvalue weighted by Crippen LogP contribution is 2.28. The molecule has 1 heterocycles. The lowest BCUT2D eigenvalue weighted by Gasteiger charge is -2.35. The molecule has 0 unspecified atom stereocenters. The Balaban J connectivity index is 1.93. The van der Waals surface area contributed by atoms with E-state index in [2.05, 4.69) is 19.8 Å². The van der Waals surface area contributed by atoms with Gasteiger partial charge in [0.05, 0.1) is 5.69 Å². The minimum absolute atomic E-state index is 0.139. The highest BCUT2D eigenvalue weighted by Gasteiger charge is 2.25. The van der Waals surface area contributed by atoms with Crippen LogP contribution in [0.2, 0.25) is 0 Å². The SMILES string of the molecule is CCNS(=O)(=O)c1cc(C(=O)Nc2ccc(C)cc2)ccc1N1CCN(C)CC1. The van der Waals surface area contributed by atoms with E-state index in [9.17, 15) is 13.2 Å². The molecule has 0 aromatic heterocycles. The Kier molecular flexibility index (Phi) is 6.56. The van der Waals surface area contributed by atoms with Crippen LogP contribution in [0.4, 0.5) is 11.4 Å². The van der Waals surface area contributed by atoms with Gasteiger partial charge in [-0.3, -0.25) is 4.79 Å². The van der Waals surface area contributed by atoms with Crippen LogP contribution < -0.4 is 14.9 Å². The third kappa shape index (κ3) is 5.14. The summed E-state index contributed by atoms with van der Waals surface area (Å²) in [6.07, 6.45) is 0. The number of carbonyl (C=O) groups is 1. The van der Waals surface area contributed by atoms with Gasteiger partial charge in [0, 0.05) is 44.0 Å². The molecule has 1 amide bonds. The van der Waals surface area contributed by atoms with Crippen molar-refractivity contribution in [3.8, 4) is 0 Å². The van der Waals surface area contributed by atoms with Crippen LogP contribution in [-0.2, 0) is 10.0 Å². The van der Waals surface area contributed by atoms with Gasteiger partial charge in [-0.15, -0.1) is 0 Å². The summed E-state index contributed by atoms with van der Waals surface area (Å²) in [5.74, 6) is -0.341. The number of carbonyl (C=O) groups excluding carboxylic acids is 1. The van der Waals surface area contributed by atoms with E-state index in [1.165, 1.54) is 6.07 Å². The van der Waals surface area contributed by atoms with Crippen LogP contribution in [0.15, 0.2) is 47.4 Å². The van der Waals surface area contributed by atoms with Gasteiger partial charge in [0.25, 0.3) is 5.91 Å². The fourth-order valence-corrected chi connectivity index (χ4v) is 4.58. The molecule has 0 spiro atoms. The van der Waals surface area contributed by atoms with E-state index in [4.69, 9.17) is 0 Å². The first-order chi connectivity index (χ1) is 13.8. The molecule has 1 aliphatic rings. The van der Waals surface area contributed by atoms with Crippen LogP contribution >= 0.6 is 0 Å². The first-order valence-corrected chi connectivity index (χ1v) is 11.2. The zero-order valence-corrected chi connectivity index (χ0v) is 17.9. The van der Waals surface area contributed by atoms with Crippen molar-refractivity contribution in [2.45, 2.75) is 18.7 Å². The molecular formula is C21H28N4O3S. The van der Waals surface area contributed by atoms with E-state index in [1.54, 1.807) is 19.1 Å². The molecule has 8 heteroatoms. The third-order valence-corrected chi connectivity index (χ3v) is 6.57. The van der Waals surface area contributed by atoms with Gasteiger partial charge < -0.3 is 15.1 Å². The summed E-state index contributed by atoms with van der Waals surface area (Å²) < 4.78 is 28.3. The lowest BCUT2D eigenvalue weighted by atomic mass is 10.1. The molecule has 1 fully saturated rings. The summed E-state index contributed by atoms with van der Waals surface area (Å²) in [5.41, 5.74) is 2.70. The van der Waals surface area contributed by atoms with E-state index in [0.717, 1.165) is 31.7 Å². The zero-order chi connectivity index (χ0) is 21.0. The summed E-state index contributed by atoms with van der Waals surface area (Å²) in [4.78, 5) is 17.1. The maximum Gasteiger partial charge on any atom is 0.255 e. The van der Waals surface area contributed by atoms with Crippen molar-refractivity contribution < 1.29 is 13.2 Å². The molecule has 0 aliphatic carbocycles. The van der Waals surface area contributed by atoms with Gasteiger partial charge in [-0.05, 0) is 44.3 Å². The number of hydrogen-bond acceptors (Lipinski definition) is 5. The van der Waals surface area contributed by atoms with Crippen molar-refractivity contribution in [2.24, 2.45) is 0 Å². The summed E-state index contributed by atoms with van der Waals surface area (Å²) in [6.45, 7) is 7.18. The van der Waals surface area contributed by atoms with E-state index in [1.807, 2.05) is 38.2 Å². The maximum atomic E-state index is 12.9. The number of piperazine rings is 1. The van der Waals surface area contributed by atoms with Crippen molar-refractivity contribution in [1.82, 2.24) is 9.62 Å². The van der Waals surface area contributed by atoms with Crippen LogP contribution in [-0.4, -0.2) is 59.0 Å². The Bertz CT molecular complexity index is 966. The lowest BCUT2D eigenvalue weighted by molar-refractivity contribution is 0.102. The topological polar surface area (TPSA) is 81.7 Å². The Morgan fingerprint density at radius 2 is 1.69 bits per heavy atom. The fraction of sp³-hybridized carbons (Fsp3) is 0.381. The second kappa shape index (κ2) is 8.94. The van der Waals surface area contributed by atoms with Crippen LogP contribution in [0.5, 0.6) is 0 Å². The van der Waals surface area contributed by atoms with Gasteiger partial charge >= 0.3 is 0 Å². The minimum Gasteiger partial charge on any atom is -0.368 e. The van der Waals surface area contributed by atoms with Crippen molar-refractivity contribution in [2.75, 3.05) is 50.0 Å². The fourth-order valence-electron chi connectivity index (χ4n) is 3.29. The first-order valence-electron chi connectivity index (χ1n) is 9.75. The number of likely N-dealkylation sites (N-methyl/N-ethyl adjacent to an activating group) is 1. The summed E-state index contributed by atoms with van der Waals surface area (Å²) in [6, 6.07) is 12.3. The maximum absolute atomic E-state index is 12.9. The largest absolute Gasteiger partial charge is 0.368 e. The average molecular weight is 417 g/mol. The lowest BCUT2D eigenvalue weighted by Crippen LogP contribution is -2.45. The summed E-state index contributed by atoms with van der Waals surface area (Å²) >= 11 is 0. The van der Waals surface area contributed by atoms with Gasteiger partial charge in [0.1, 0.15) is 4.90 Å². The number of hydrogen-bond donors (Lipinski definition) is 2. The Hall–Kier alpha value is -2.42. The Morgan fingerprint density at radius 3 is 2.31 bits per heavy atom. The number of rotatable bonds is 6. The zero-order valence-electron chi connectivity index (χ0n) is 17.1. The molecule has 0 atom stereocenters. The highest BCUT2D eigenvalue weighted by atomic mass is 32.2. The van der Waals surface area contributed by atoms with Crippen molar-refractivity contribution in [3.63, 3.8) is 0 Å². The smallest absolute Gasteiger partial charge is 0.255 e. The predicted octanol–water partition coefficient (Wildman–Crippen LogP) is 2.30. The standard InChI is InChI=1S/C21H28N4O3S/c1-4-22-29(27,28)20-15-17(21(26)23-18-8-5-16(2)6-9-18)7-10-19(20)25-13-11-24(3)12-14-25/h5-10,15,22H,4,11-14H2,1-3H3,(H,23,26). The number of anilines is 2. The van der Waals surface area contributed by atoms with Gasteiger partial charge in [-0.25, -0.2) is 13.1 Å². The average Bonchev–Trinajstić information content (AvgIpc) is 2.70. The number of sulfonamides is 1. The van der Waals surface area contributed by atoms with E-state index in [-0.39, 0.29) is 17.3 Å². The van der Waals surface area contributed by atoms with Crippen LogP contribution in [0.3, 0.4) is 0 Å². The predicted molar refractivity (Wildman–Crippen MR) is 116 cm³/mol. The summed E-state index contributed by atoms with van der Waals surface area (Å²) in [5, 5.41) is 2.83. The molecule has 2 aromatic carbocycles. The van der Waals surface area contributed by atoms with Crippen molar-refractivity contribution >= 4 is 27.3 Å². The normalized spacial score (nSPS) is 15.3. The molecule has 0 saturated carbocycles. The molecule has 2 N–H and O–H groups in total. The van der Waals surface area contributed by atoms with Crippen LogP contribution in [0.25, 0.3) is 0 Å². The monoisotopic (exact) mass is 416 g/mol. The van der Waals surface area contributed by atoms with Crippen LogP contribution in [0, 0.1) is 6.92 Å². The highest BCUT2D eigenvalue weighted by molar-refractivity contribution is 7.89. The van der Waals surface area contributed by atoms with Gasteiger partial charge in [0.15, 0.2) is 0 Å². The number of benzene rings is 2. The second-order valence-electron chi connectivity index (χ2n) is 7.29. The number of aryl methyl sites for hydroxylation is 1. The van der Waals surface area contributed by atoms with Crippen molar-refractivity contribution in [1.29, 1.82) is 0 Å².